The number of hydrogen-bond donors (Lipinski definition) is 0. The molecule has 2 unspecified atom stereocenters. The first-order valence-corrected chi connectivity index (χ1v) is 14.9. The van der Waals surface area contributed by atoms with E-state index >= 15 is 0 Å². The number of carbonyl (C=O) groups is 1. The zero-order valence-corrected chi connectivity index (χ0v) is 25.4. The maximum absolute atomic E-state index is 13.5. The number of rotatable bonds is 9. The van der Waals surface area contributed by atoms with E-state index in [1.807, 2.05) is 17.0 Å². The summed E-state index contributed by atoms with van der Waals surface area (Å²) < 4.78 is 16.7. The molecule has 0 spiro atoms. The predicted octanol–water partition coefficient (Wildman–Crippen LogP) is 3.74. The molecule has 4 heterocycles. The molecule has 10 nitrogen and oxygen atoms in total. The summed E-state index contributed by atoms with van der Waals surface area (Å²) in [4.78, 5) is 33.6. The van der Waals surface area contributed by atoms with Gasteiger partial charge in [-0.15, -0.1) is 0 Å². The van der Waals surface area contributed by atoms with Crippen LogP contribution in [0.3, 0.4) is 0 Å². The molecule has 0 N–H and O–H groups in total. The molecular formula is C34H38N6O4. The molecule has 0 bridgehead atoms. The molecule has 228 valence electrons. The van der Waals surface area contributed by atoms with Crippen molar-refractivity contribution in [2.75, 3.05) is 54.1 Å². The topological polar surface area (TPSA) is 93.2 Å². The number of benzene rings is 2. The minimum atomic E-state index is 0.0148. The lowest BCUT2D eigenvalue weighted by Crippen LogP contribution is -2.67. The first-order valence-electron chi connectivity index (χ1n) is 14.9. The summed E-state index contributed by atoms with van der Waals surface area (Å²) in [6, 6.07) is 25.5. The van der Waals surface area contributed by atoms with Crippen molar-refractivity contribution in [3.05, 3.63) is 107 Å². The van der Waals surface area contributed by atoms with Gasteiger partial charge in [-0.25, -0.2) is 0 Å². The van der Waals surface area contributed by atoms with E-state index in [4.69, 9.17) is 14.2 Å². The molecule has 0 aliphatic carbocycles. The first kappa shape index (κ1) is 29.5. The van der Waals surface area contributed by atoms with E-state index in [2.05, 4.69) is 85.4 Å². The average molecular weight is 595 g/mol. The van der Waals surface area contributed by atoms with Crippen molar-refractivity contribution in [3.8, 4) is 17.8 Å². The summed E-state index contributed by atoms with van der Waals surface area (Å²) >= 11 is 0. The van der Waals surface area contributed by atoms with Gasteiger partial charge in [-0.3, -0.25) is 19.6 Å². The Morgan fingerprint density at radius 2 is 1.48 bits per heavy atom. The molecule has 4 aromatic rings. The van der Waals surface area contributed by atoms with E-state index in [1.54, 1.807) is 26.6 Å². The third-order valence-corrected chi connectivity index (χ3v) is 8.63. The van der Waals surface area contributed by atoms with E-state index in [0.717, 1.165) is 25.2 Å². The third kappa shape index (κ3) is 6.09. The van der Waals surface area contributed by atoms with E-state index in [9.17, 15) is 4.79 Å². The van der Waals surface area contributed by atoms with Crippen LogP contribution in [0.5, 0.6) is 17.8 Å². The van der Waals surface area contributed by atoms with Gasteiger partial charge < -0.3 is 19.1 Å². The van der Waals surface area contributed by atoms with E-state index in [1.165, 1.54) is 18.2 Å². The van der Waals surface area contributed by atoms with Crippen molar-refractivity contribution in [2.45, 2.75) is 24.5 Å². The largest absolute Gasteiger partial charge is 0.481 e. The highest BCUT2D eigenvalue weighted by Crippen LogP contribution is 2.37. The predicted molar refractivity (Wildman–Crippen MR) is 166 cm³/mol. The lowest BCUT2D eigenvalue weighted by molar-refractivity contribution is -0.0292. The lowest BCUT2D eigenvalue weighted by Gasteiger charge is -2.53. The Labute approximate surface area is 258 Å². The van der Waals surface area contributed by atoms with Gasteiger partial charge in [0.05, 0.1) is 32.5 Å². The van der Waals surface area contributed by atoms with Crippen molar-refractivity contribution in [3.63, 3.8) is 0 Å². The number of nitrogens with zero attached hydrogens (tertiary/aromatic N) is 6. The highest BCUT2D eigenvalue weighted by atomic mass is 16.5. The average Bonchev–Trinajstić information content (AvgIpc) is 3.09. The summed E-state index contributed by atoms with van der Waals surface area (Å²) in [5.41, 5.74) is 3.90. The number of piperazine rings is 2. The normalized spacial score (nSPS) is 19.0. The second kappa shape index (κ2) is 13.4. The van der Waals surface area contributed by atoms with Gasteiger partial charge in [0.15, 0.2) is 0 Å². The molecular weight excluding hydrogens is 556 g/mol. The van der Waals surface area contributed by atoms with Crippen LogP contribution in [-0.4, -0.2) is 102 Å². The van der Waals surface area contributed by atoms with Crippen LogP contribution in [0.2, 0.25) is 0 Å². The van der Waals surface area contributed by atoms with Gasteiger partial charge in [-0.1, -0.05) is 60.7 Å². The smallest absolute Gasteiger partial charge is 0.322 e. The van der Waals surface area contributed by atoms with Gasteiger partial charge >= 0.3 is 6.01 Å². The van der Waals surface area contributed by atoms with Crippen LogP contribution in [0.25, 0.3) is 0 Å². The van der Waals surface area contributed by atoms with Crippen LogP contribution in [0.15, 0.2) is 85.2 Å². The van der Waals surface area contributed by atoms with Gasteiger partial charge in [-0.05, 0) is 23.3 Å². The van der Waals surface area contributed by atoms with E-state index in [0.29, 0.717) is 37.0 Å². The third-order valence-electron chi connectivity index (χ3n) is 8.63. The highest BCUT2D eigenvalue weighted by molar-refractivity contribution is 5.94. The molecule has 2 aromatic heterocycles. The van der Waals surface area contributed by atoms with Crippen LogP contribution in [0.4, 0.5) is 0 Å². The van der Waals surface area contributed by atoms with Gasteiger partial charge in [0.2, 0.25) is 11.8 Å². The summed E-state index contributed by atoms with van der Waals surface area (Å²) in [5, 5.41) is 0. The number of fused-ring (bicyclic) bond motifs is 1. The summed E-state index contributed by atoms with van der Waals surface area (Å²) in [5.74, 6) is 0.986. The van der Waals surface area contributed by atoms with Crippen LogP contribution in [0.1, 0.15) is 33.0 Å². The molecule has 0 radical (unpaired) electrons. The van der Waals surface area contributed by atoms with Crippen LogP contribution in [-0.2, 0) is 6.54 Å². The van der Waals surface area contributed by atoms with Gasteiger partial charge in [0.1, 0.15) is 0 Å². The van der Waals surface area contributed by atoms with Crippen molar-refractivity contribution in [2.24, 2.45) is 0 Å². The fraction of sp³-hybridized carbons (Fsp3) is 0.353. The Hall–Kier alpha value is -4.54. The van der Waals surface area contributed by atoms with Crippen LogP contribution >= 0.6 is 0 Å². The minimum Gasteiger partial charge on any atom is -0.481 e. The van der Waals surface area contributed by atoms with Gasteiger partial charge in [0.25, 0.3) is 5.91 Å². The minimum absolute atomic E-state index is 0.0148. The number of ether oxygens (including phenoxy) is 3. The SMILES string of the molecule is COc1nc(OC)c(CN2CC3CN(C(=O)c4cccnc4)CCN3C(C(c3ccccc3)c3ccccc3)C2)c(OC)n1. The number of aromatic nitrogens is 3. The van der Waals surface area contributed by atoms with Crippen LogP contribution < -0.4 is 14.2 Å². The standard InChI is InChI=1S/C34H38N6O4/c1-42-31-28(32(43-2)37-34(36-31)44-3)22-38-20-27-21-39(33(41)26-15-10-16-35-19-26)17-18-40(27)29(23-38)30(24-11-6-4-7-12-24)25-13-8-5-9-14-25/h4-16,19,27,29-30H,17-18,20-23H2,1-3H3. The first-order chi connectivity index (χ1) is 21.6. The van der Waals surface area contributed by atoms with E-state index in [-0.39, 0.29) is 29.9 Å². The van der Waals surface area contributed by atoms with Gasteiger partial charge in [-0.2, -0.15) is 9.97 Å². The Kier molecular flexibility index (Phi) is 8.99. The quantitative estimate of drug-likeness (QED) is 0.287. The van der Waals surface area contributed by atoms with Crippen molar-refractivity contribution >= 4 is 5.91 Å². The number of methoxy groups -OCH3 is 3. The number of amides is 1. The molecule has 2 aliphatic heterocycles. The Balaban J connectivity index is 1.37. The summed E-state index contributed by atoms with van der Waals surface area (Å²) in [7, 11) is 4.71. The maximum Gasteiger partial charge on any atom is 0.322 e. The number of hydrogen-bond acceptors (Lipinski definition) is 9. The van der Waals surface area contributed by atoms with Crippen molar-refractivity contribution < 1.29 is 19.0 Å². The molecule has 10 heteroatoms. The molecule has 2 aromatic carbocycles. The fourth-order valence-corrected chi connectivity index (χ4v) is 6.66. The van der Waals surface area contributed by atoms with Crippen molar-refractivity contribution in [1.29, 1.82) is 0 Å². The monoisotopic (exact) mass is 594 g/mol. The summed E-state index contributed by atoms with van der Waals surface area (Å²) in [6.45, 7) is 4.12. The second-order valence-corrected chi connectivity index (χ2v) is 11.2. The number of pyridine rings is 1. The number of carbonyl (C=O) groups excluding carboxylic acids is 1. The molecule has 0 saturated carbocycles. The fourth-order valence-electron chi connectivity index (χ4n) is 6.66. The Bertz CT molecular complexity index is 1480. The molecule has 2 aliphatic rings. The zero-order chi connectivity index (χ0) is 30.5. The second-order valence-electron chi connectivity index (χ2n) is 11.2. The molecule has 2 saturated heterocycles. The Morgan fingerprint density at radius 3 is 2.05 bits per heavy atom. The summed E-state index contributed by atoms with van der Waals surface area (Å²) in [6.07, 6.45) is 3.34. The van der Waals surface area contributed by atoms with Crippen molar-refractivity contribution in [1.82, 2.24) is 29.7 Å². The molecule has 2 fully saturated rings. The van der Waals surface area contributed by atoms with E-state index < -0.39 is 0 Å². The highest BCUT2D eigenvalue weighted by Gasteiger charge is 2.43. The molecule has 6 rings (SSSR count). The molecule has 1 amide bonds. The zero-order valence-electron chi connectivity index (χ0n) is 25.4. The van der Waals surface area contributed by atoms with Crippen LogP contribution in [0, 0.1) is 0 Å². The Morgan fingerprint density at radius 1 is 0.818 bits per heavy atom. The molecule has 2 atom stereocenters. The molecule has 44 heavy (non-hydrogen) atoms. The maximum atomic E-state index is 13.5. The van der Waals surface area contributed by atoms with Gasteiger partial charge in [0, 0.05) is 69.7 Å². The lowest BCUT2D eigenvalue weighted by atomic mass is 9.81.